The summed E-state index contributed by atoms with van der Waals surface area (Å²) in [5.74, 6) is 2.12. The van der Waals surface area contributed by atoms with Gasteiger partial charge in [0.15, 0.2) is 5.16 Å². The third-order valence-electron chi connectivity index (χ3n) is 4.41. The van der Waals surface area contributed by atoms with Gasteiger partial charge in [0.2, 0.25) is 5.88 Å². The minimum absolute atomic E-state index is 0.00957. The van der Waals surface area contributed by atoms with Crippen LogP contribution in [0.2, 0.25) is 0 Å². The molecule has 0 atom stereocenters. The Kier molecular flexibility index (Phi) is 5.16. The lowest BCUT2D eigenvalue weighted by molar-refractivity contribution is 0.284. The van der Waals surface area contributed by atoms with Crippen LogP contribution in [-0.4, -0.2) is 15.3 Å². The zero-order valence-corrected chi connectivity index (χ0v) is 15.9. The summed E-state index contributed by atoms with van der Waals surface area (Å²) in [6.07, 6.45) is 0. The molecule has 0 aliphatic carbocycles. The van der Waals surface area contributed by atoms with Crippen molar-refractivity contribution in [3.05, 3.63) is 81.6 Å². The van der Waals surface area contributed by atoms with Gasteiger partial charge in [-0.2, -0.15) is 4.98 Å². The van der Waals surface area contributed by atoms with Gasteiger partial charge in [0.05, 0.1) is 5.56 Å². The molecule has 0 fully saturated rings. The van der Waals surface area contributed by atoms with Gasteiger partial charge in [-0.25, -0.2) is 0 Å². The number of hydrogen-bond donors (Lipinski definition) is 0. The number of rotatable bonds is 6. The van der Waals surface area contributed by atoms with Crippen LogP contribution >= 0.6 is 11.8 Å². The highest BCUT2D eigenvalue weighted by Gasteiger charge is 2.19. The van der Waals surface area contributed by atoms with Gasteiger partial charge in [0.25, 0.3) is 5.56 Å². The highest BCUT2D eigenvalue weighted by molar-refractivity contribution is 7.99. The highest BCUT2D eigenvalue weighted by Crippen LogP contribution is 2.25. The highest BCUT2D eigenvalue weighted by atomic mass is 32.2. The molecule has 1 aliphatic rings. The van der Waals surface area contributed by atoms with Gasteiger partial charge in [-0.3, -0.25) is 9.36 Å². The summed E-state index contributed by atoms with van der Waals surface area (Å²) in [5, 5.41) is 0.741. The summed E-state index contributed by atoms with van der Waals surface area (Å²) in [7, 11) is 0. The summed E-state index contributed by atoms with van der Waals surface area (Å²) in [5.41, 5.74) is 2.68. The van der Waals surface area contributed by atoms with Crippen LogP contribution in [0.1, 0.15) is 16.7 Å². The zero-order valence-electron chi connectivity index (χ0n) is 15.1. The first kappa shape index (κ1) is 17.7. The van der Waals surface area contributed by atoms with Gasteiger partial charge in [-0.05, 0) is 30.2 Å². The SMILES string of the molecule is Cc1c(OCc2ccc(OCc3ccccc3)cc2)nc2n(c1=O)CCS2. The lowest BCUT2D eigenvalue weighted by Crippen LogP contribution is -2.23. The quantitative estimate of drug-likeness (QED) is 0.609. The average molecular weight is 380 g/mol. The van der Waals surface area contributed by atoms with Crippen molar-refractivity contribution in [2.75, 3.05) is 5.75 Å². The molecule has 0 spiro atoms. The number of aromatic nitrogens is 2. The van der Waals surface area contributed by atoms with E-state index in [1.54, 1.807) is 23.3 Å². The van der Waals surface area contributed by atoms with Gasteiger partial charge in [0.1, 0.15) is 19.0 Å². The van der Waals surface area contributed by atoms with Gasteiger partial charge in [-0.15, -0.1) is 0 Å². The molecule has 4 rings (SSSR count). The molecular formula is C21H20N2O3S. The minimum Gasteiger partial charge on any atom is -0.489 e. The Labute approximate surface area is 162 Å². The Balaban J connectivity index is 1.38. The van der Waals surface area contributed by atoms with Crippen LogP contribution in [0.25, 0.3) is 0 Å². The van der Waals surface area contributed by atoms with Crippen LogP contribution < -0.4 is 15.0 Å². The normalized spacial score (nSPS) is 12.6. The second kappa shape index (κ2) is 7.88. The van der Waals surface area contributed by atoms with Gasteiger partial charge in [-0.1, -0.05) is 54.2 Å². The third-order valence-corrected chi connectivity index (χ3v) is 5.36. The van der Waals surface area contributed by atoms with Crippen molar-refractivity contribution in [3.63, 3.8) is 0 Å². The van der Waals surface area contributed by atoms with E-state index in [4.69, 9.17) is 9.47 Å². The number of fused-ring (bicyclic) bond motifs is 1. The Hall–Kier alpha value is -2.73. The van der Waals surface area contributed by atoms with Crippen LogP contribution in [0.15, 0.2) is 64.5 Å². The largest absolute Gasteiger partial charge is 0.489 e. The van der Waals surface area contributed by atoms with Crippen molar-refractivity contribution in [2.45, 2.75) is 31.8 Å². The summed E-state index contributed by atoms with van der Waals surface area (Å²) < 4.78 is 13.3. The first-order valence-electron chi connectivity index (χ1n) is 8.83. The lowest BCUT2D eigenvalue weighted by Gasteiger charge is -2.11. The molecule has 138 valence electrons. The molecule has 2 aromatic carbocycles. The van der Waals surface area contributed by atoms with Crippen molar-refractivity contribution in [1.29, 1.82) is 0 Å². The molecule has 6 heteroatoms. The standard InChI is InChI=1S/C21H20N2O3S/c1-15-19(22-21-23(20(15)24)11-12-27-21)26-14-17-7-9-18(10-8-17)25-13-16-5-3-2-4-6-16/h2-10H,11-14H2,1H3. The van der Waals surface area contributed by atoms with Crippen LogP contribution in [0, 0.1) is 6.92 Å². The molecule has 1 aromatic heterocycles. The van der Waals surface area contributed by atoms with Crippen molar-refractivity contribution in [1.82, 2.24) is 9.55 Å². The molecule has 0 radical (unpaired) electrons. The van der Waals surface area contributed by atoms with E-state index < -0.39 is 0 Å². The first-order valence-corrected chi connectivity index (χ1v) is 9.82. The third kappa shape index (κ3) is 4.01. The number of benzene rings is 2. The Morgan fingerprint density at radius 3 is 2.48 bits per heavy atom. The maximum atomic E-state index is 12.3. The predicted molar refractivity (Wildman–Crippen MR) is 106 cm³/mol. The summed E-state index contributed by atoms with van der Waals surface area (Å²) in [6.45, 7) is 3.38. The molecule has 0 N–H and O–H groups in total. The van der Waals surface area contributed by atoms with E-state index in [0.717, 1.165) is 34.3 Å². The van der Waals surface area contributed by atoms with Crippen molar-refractivity contribution in [2.24, 2.45) is 0 Å². The molecule has 2 heterocycles. The number of nitrogens with zero attached hydrogens (tertiary/aromatic N) is 2. The summed E-state index contributed by atoms with van der Waals surface area (Å²) >= 11 is 1.59. The van der Waals surface area contributed by atoms with Crippen LogP contribution in [0.5, 0.6) is 11.6 Å². The van der Waals surface area contributed by atoms with E-state index in [1.807, 2.05) is 54.6 Å². The fourth-order valence-corrected chi connectivity index (χ4v) is 3.80. The fraction of sp³-hybridized carbons (Fsp3) is 0.238. The summed E-state index contributed by atoms with van der Waals surface area (Å²) in [6, 6.07) is 17.8. The molecule has 3 aromatic rings. The first-order chi connectivity index (χ1) is 13.2. The zero-order chi connectivity index (χ0) is 18.6. The molecule has 0 bridgehead atoms. The maximum absolute atomic E-state index is 12.3. The predicted octanol–water partition coefficient (Wildman–Crippen LogP) is 3.82. The van der Waals surface area contributed by atoms with Crippen molar-refractivity contribution >= 4 is 11.8 Å². The number of ether oxygens (including phenoxy) is 2. The molecule has 0 saturated heterocycles. The molecule has 1 aliphatic heterocycles. The Bertz CT molecular complexity index is 985. The van der Waals surface area contributed by atoms with E-state index in [-0.39, 0.29) is 5.56 Å². The fourth-order valence-electron chi connectivity index (χ4n) is 2.86. The van der Waals surface area contributed by atoms with E-state index in [9.17, 15) is 4.79 Å². The van der Waals surface area contributed by atoms with Gasteiger partial charge in [0, 0.05) is 12.3 Å². The average Bonchev–Trinajstić information content (AvgIpc) is 3.18. The molecule has 27 heavy (non-hydrogen) atoms. The van der Waals surface area contributed by atoms with Gasteiger partial charge < -0.3 is 9.47 Å². The molecule has 5 nitrogen and oxygen atoms in total. The van der Waals surface area contributed by atoms with E-state index in [2.05, 4.69) is 4.98 Å². The van der Waals surface area contributed by atoms with E-state index in [0.29, 0.717) is 24.7 Å². The molecular weight excluding hydrogens is 360 g/mol. The monoisotopic (exact) mass is 380 g/mol. The maximum Gasteiger partial charge on any atom is 0.260 e. The van der Waals surface area contributed by atoms with Gasteiger partial charge >= 0.3 is 0 Å². The molecule has 0 saturated carbocycles. The minimum atomic E-state index is -0.00957. The molecule has 0 amide bonds. The van der Waals surface area contributed by atoms with Crippen LogP contribution in [0.3, 0.4) is 0 Å². The molecule has 0 unspecified atom stereocenters. The smallest absolute Gasteiger partial charge is 0.260 e. The Morgan fingerprint density at radius 2 is 1.70 bits per heavy atom. The second-order valence-corrected chi connectivity index (χ2v) is 7.40. The topological polar surface area (TPSA) is 53.4 Å². The van der Waals surface area contributed by atoms with Crippen LogP contribution in [0.4, 0.5) is 0 Å². The van der Waals surface area contributed by atoms with Crippen LogP contribution in [-0.2, 0) is 19.8 Å². The second-order valence-electron chi connectivity index (χ2n) is 6.34. The number of hydrogen-bond acceptors (Lipinski definition) is 5. The van der Waals surface area contributed by atoms with Crippen molar-refractivity contribution in [3.8, 4) is 11.6 Å². The van der Waals surface area contributed by atoms with E-state index >= 15 is 0 Å². The Morgan fingerprint density at radius 1 is 1.00 bits per heavy atom. The lowest BCUT2D eigenvalue weighted by atomic mass is 10.2. The van der Waals surface area contributed by atoms with Crippen molar-refractivity contribution < 1.29 is 9.47 Å². The number of thioether (sulfide) groups is 1. The summed E-state index contributed by atoms with van der Waals surface area (Å²) in [4.78, 5) is 16.8. The van der Waals surface area contributed by atoms with E-state index in [1.165, 1.54) is 0 Å².